The number of hydrogen-bond donors (Lipinski definition) is 2. The van der Waals surface area contributed by atoms with Gasteiger partial charge in [0.1, 0.15) is 12.4 Å². The van der Waals surface area contributed by atoms with Crippen molar-refractivity contribution >= 4 is 29.3 Å². The number of nitriles is 1. The molecule has 2 N–H and O–H groups in total. The Morgan fingerprint density at radius 3 is 2.53 bits per heavy atom. The number of carbonyl (C=O) groups is 2. The van der Waals surface area contributed by atoms with E-state index in [4.69, 9.17) is 9.15 Å². The van der Waals surface area contributed by atoms with E-state index in [1.54, 1.807) is 19.1 Å². The number of aryl methyl sites for hydroxylation is 1. The molecular weight excluding hydrogens is 474 g/mol. The zero-order chi connectivity index (χ0) is 25.5. The highest BCUT2D eigenvalue weighted by atomic mass is 32.2. The van der Waals surface area contributed by atoms with Gasteiger partial charge in [-0.25, -0.2) is 4.79 Å². The number of esters is 1. The number of nitrogens with zero attached hydrogens (tertiary/aromatic N) is 1. The molecule has 0 saturated carbocycles. The number of benzene rings is 2. The molecule has 1 aliphatic rings. The molecule has 0 unspecified atom stereocenters. The quantitative estimate of drug-likeness (QED) is 0.400. The highest BCUT2D eigenvalue weighted by Gasteiger charge is 2.37. The average Bonchev–Trinajstić information content (AvgIpc) is 3.42. The van der Waals surface area contributed by atoms with Crippen molar-refractivity contribution in [3.05, 3.63) is 112 Å². The summed E-state index contributed by atoms with van der Waals surface area (Å²) in [5.74, 6) is -0.976. The second kappa shape index (κ2) is 11.5. The van der Waals surface area contributed by atoms with E-state index in [1.165, 1.54) is 18.0 Å². The minimum absolute atomic E-state index is 0.0772. The van der Waals surface area contributed by atoms with Crippen LogP contribution in [0.25, 0.3) is 0 Å². The van der Waals surface area contributed by atoms with Crippen LogP contribution in [-0.2, 0) is 20.9 Å². The first-order valence-corrected chi connectivity index (χ1v) is 12.3. The van der Waals surface area contributed by atoms with Crippen LogP contribution in [0.3, 0.4) is 0 Å². The lowest BCUT2D eigenvalue weighted by molar-refractivity contribution is -0.140. The summed E-state index contributed by atoms with van der Waals surface area (Å²) in [7, 11) is 0. The Hall–Kier alpha value is -4.22. The van der Waals surface area contributed by atoms with Crippen LogP contribution in [0.2, 0.25) is 0 Å². The van der Waals surface area contributed by atoms with Crippen LogP contribution in [0.4, 0.5) is 5.69 Å². The van der Waals surface area contributed by atoms with Crippen molar-refractivity contribution in [2.75, 3.05) is 11.1 Å². The third-order valence-electron chi connectivity index (χ3n) is 5.67. The highest BCUT2D eigenvalue weighted by molar-refractivity contribution is 8.03. The van der Waals surface area contributed by atoms with Crippen LogP contribution >= 0.6 is 11.8 Å². The Morgan fingerprint density at radius 2 is 1.83 bits per heavy atom. The van der Waals surface area contributed by atoms with Crippen LogP contribution < -0.4 is 10.6 Å². The van der Waals surface area contributed by atoms with Gasteiger partial charge in [0.15, 0.2) is 0 Å². The van der Waals surface area contributed by atoms with E-state index >= 15 is 0 Å². The van der Waals surface area contributed by atoms with E-state index < -0.39 is 11.9 Å². The average molecular weight is 500 g/mol. The van der Waals surface area contributed by atoms with Crippen LogP contribution in [0, 0.1) is 18.3 Å². The van der Waals surface area contributed by atoms with Gasteiger partial charge in [-0.05, 0) is 43.2 Å². The highest BCUT2D eigenvalue weighted by Crippen LogP contribution is 2.41. The van der Waals surface area contributed by atoms with Crippen molar-refractivity contribution in [1.82, 2.24) is 5.32 Å². The maximum absolute atomic E-state index is 13.2. The number of ether oxygens (including phenoxy) is 1. The SMILES string of the molecule is CC1=C(C(=O)OCc2ccccc2)[C@@H](c2ccco2)C(C#N)=C(SCC(=O)Nc2ccccc2C)N1. The fourth-order valence-corrected chi connectivity index (χ4v) is 4.77. The number of allylic oxidation sites excluding steroid dienone is 2. The standard InChI is InChI=1S/C28H25N3O4S/c1-18-9-6-7-12-22(18)31-24(32)17-36-27-21(15-29)26(23-13-8-14-34-23)25(19(2)30-27)28(33)35-16-20-10-4-3-5-11-20/h3-14,26,30H,16-17H2,1-2H3,(H,31,32)/t26-/m1/s1. The molecule has 8 heteroatoms. The first-order chi connectivity index (χ1) is 17.5. The molecule has 0 fully saturated rings. The predicted octanol–water partition coefficient (Wildman–Crippen LogP) is 5.40. The minimum Gasteiger partial charge on any atom is -0.468 e. The van der Waals surface area contributed by atoms with Gasteiger partial charge in [-0.3, -0.25) is 4.79 Å². The summed E-state index contributed by atoms with van der Waals surface area (Å²) in [6.45, 7) is 3.77. The lowest BCUT2D eigenvalue weighted by Gasteiger charge is -2.28. The molecule has 1 atom stereocenters. The molecule has 0 saturated heterocycles. The number of thioether (sulfide) groups is 1. The number of rotatable bonds is 8. The number of furan rings is 1. The van der Waals surface area contributed by atoms with Crippen molar-refractivity contribution in [1.29, 1.82) is 5.26 Å². The van der Waals surface area contributed by atoms with E-state index in [9.17, 15) is 14.9 Å². The van der Waals surface area contributed by atoms with Gasteiger partial charge in [0.2, 0.25) is 5.91 Å². The van der Waals surface area contributed by atoms with Gasteiger partial charge in [-0.2, -0.15) is 5.26 Å². The van der Waals surface area contributed by atoms with E-state index in [2.05, 4.69) is 16.7 Å². The largest absolute Gasteiger partial charge is 0.468 e. The third-order valence-corrected chi connectivity index (χ3v) is 6.69. The molecule has 0 radical (unpaired) electrons. The summed E-state index contributed by atoms with van der Waals surface area (Å²) >= 11 is 1.20. The molecule has 0 spiro atoms. The number of hydrogen-bond acceptors (Lipinski definition) is 7. The maximum Gasteiger partial charge on any atom is 0.337 e. The number of dihydropyridines is 1. The van der Waals surface area contributed by atoms with Crippen LogP contribution in [0.1, 0.15) is 29.7 Å². The Balaban J connectivity index is 1.54. The number of nitrogens with one attached hydrogen (secondary N) is 2. The Kier molecular flexibility index (Phi) is 7.93. The Labute approximate surface area is 213 Å². The maximum atomic E-state index is 13.2. The van der Waals surface area contributed by atoms with Gasteiger partial charge < -0.3 is 19.8 Å². The van der Waals surface area contributed by atoms with E-state index in [1.807, 2.05) is 61.5 Å². The van der Waals surface area contributed by atoms with E-state index in [0.717, 1.165) is 16.8 Å². The smallest absolute Gasteiger partial charge is 0.337 e. The molecule has 1 aliphatic heterocycles. The second-order valence-corrected chi connectivity index (χ2v) is 9.17. The first-order valence-electron chi connectivity index (χ1n) is 11.3. The van der Waals surface area contributed by atoms with Gasteiger partial charge in [0.05, 0.1) is 40.2 Å². The van der Waals surface area contributed by atoms with Gasteiger partial charge >= 0.3 is 5.97 Å². The summed E-state index contributed by atoms with van der Waals surface area (Å²) in [5, 5.41) is 16.6. The lowest BCUT2D eigenvalue weighted by Crippen LogP contribution is -2.29. The van der Waals surface area contributed by atoms with E-state index in [0.29, 0.717) is 22.1 Å². The summed E-state index contributed by atoms with van der Waals surface area (Å²) in [6.07, 6.45) is 1.50. The second-order valence-electron chi connectivity index (χ2n) is 8.18. The molecule has 1 aromatic heterocycles. The van der Waals surface area contributed by atoms with Crippen molar-refractivity contribution < 1.29 is 18.7 Å². The Bertz CT molecular complexity index is 1350. The molecule has 0 bridgehead atoms. The topological polar surface area (TPSA) is 104 Å². The fraction of sp³-hybridized carbons (Fsp3) is 0.179. The fourth-order valence-electron chi connectivity index (χ4n) is 3.88. The molecule has 3 aromatic rings. The zero-order valence-corrected chi connectivity index (χ0v) is 20.7. The van der Waals surface area contributed by atoms with Crippen molar-refractivity contribution in [3.63, 3.8) is 0 Å². The first kappa shape index (κ1) is 24.9. The van der Waals surface area contributed by atoms with E-state index in [-0.39, 0.29) is 23.8 Å². The molecule has 4 rings (SSSR count). The molecule has 2 heterocycles. The minimum atomic E-state index is -0.753. The van der Waals surface area contributed by atoms with Crippen molar-refractivity contribution in [3.8, 4) is 6.07 Å². The monoisotopic (exact) mass is 499 g/mol. The molecular formula is C28H25N3O4S. The molecule has 0 aliphatic carbocycles. The lowest BCUT2D eigenvalue weighted by atomic mass is 9.86. The summed E-state index contributed by atoms with van der Waals surface area (Å²) in [6, 6.07) is 22.5. The molecule has 1 amide bonds. The number of anilines is 1. The van der Waals surface area contributed by atoms with Crippen LogP contribution in [-0.4, -0.2) is 17.6 Å². The normalized spacial score (nSPS) is 15.2. The Morgan fingerprint density at radius 1 is 1.08 bits per heavy atom. The van der Waals surface area contributed by atoms with Crippen LogP contribution in [0.15, 0.2) is 99.3 Å². The summed E-state index contributed by atoms with van der Waals surface area (Å²) in [5.41, 5.74) is 3.67. The predicted molar refractivity (Wildman–Crippen MR) is 138 cm³/mol. The van der Waals surface area contributed by atoms with Crippen LogP contribution in [0.5, 0.6) is 0 Å². The molecule has 182 valence electrons. The van der Waals surface area contributed by atoms with Gasteiger partial charge in [0, 0.05) is 11.4 Å². The van der Waals surface area contributed by atoms with Crippen molar-refractivity contribution in [2.45, 2.75) is 26.4 Å². The number of para-hydroxylation sites is 1. The molecule has 2 aromatic carbocycles. The molecule has 7 nitrogen and oxygen atoms in total. The number of carbonyl (C=O) groups excluding carboxylic acids is 2. The van der Waals surface area contributed by atoms with Gasteiger partial charge in [-0.1, -0.05) is 60.3 Å². The molecule has 36 heavy (non-hydrogen) atoms. The number of amides is 1. The van der Waals surface area contributed by atoms with Crippen molar-refractivity contribution in [2.24, 2.45) is 0 Å². The zero-order valence-electron chi connectivity index (χ0n) is 19.9. The van der Waals surface area contributed by atoms with Gasteiger partial charge in [-0.15, -0.1) is 0 Å². The summed E-state index contributed by atoms with van der Waals surface area (Å²) < 4.78 is 11.2. The van der Waals surface area contributed by atoms with Gasteiger partial charge in [0.25, 0.3) is 0 Å². The third kappa shape index (κ3) is 5.70. The summed E-state index contributed by atoms with van der Waals surface area (Å²) in [4.78, 5) is 25.8.